The third-order valence-corrected chi connectivity index (χ3v) is 2.97. The minimum Gasteiger partial charge on any atom is -0.459 e. The number of ether oxygens (including phenoxy) is 1. The van der Waals surface area contributed by atoms with Crippen LogP contribution in [-0.2, 0) is 9.53 Å². The second-order valence-corrected chi connectivity index (χ2v) is 5.15. The van der Waals surface area contributed by atoms with Gasteiger partial charge in [-0.1, -0.05) is 0 Å². The molecule has 0 aliphatic rings. The molecule has 0 saturated carbocycles. The number of carbonyl (C=O) groups excluding carboxylic acids is 2. The van der Waals surface area contributed by atoms with E-state index in [0.29, 0.717) is 13.0 Å². The van der Waals surface area contributed by atoms with Crippen LogP contribution in [0.3, 0.4) is 0 Å². The topological polar surface area (TPSA) is 92.0 Å². The summed E-state index contributed by atoms with van der Waals surface area (Å²) in [5.41, 5.74) is -1.05. The molecule has 0 aliphatic carbocycles. The number of amides is 2. The number of nitrogens with zero attached hydrogens (tertiary/aromatic N) is 1. The van der Waals surface area contributed by atoms with Crippen LogP contribution in [-0.4, -0.2) is 61.3 Å². The van der Waals surface area contributed by atoms with Gasteiger partial charge in [-0.15, -0.1) is 0 Å². The molecule has 0 spiro atoms. The number of hydrogen-bond donors (Lipinski definition) is 2. The molecule has 1 rings (SSSR count). The van der Waals surface area contributed by atoms with E-state index in [4.69, 9.17) is 9.15 Å². The largest absolute Gasteiger partial charge is 0.459 e. The molecule has 1 heterocycles. The standard InChI is InChI=1S/C14H22N2O5/c1-14(19,6-8-20-3)10-15-12(17)9-16(2)13(18)11-5-4-7-21-11/h4-5,7,19H,6,8-10H2,1-3H3,(H,15,17). The number of methoxy groups -OCH3 is 1. The van der Waals surface area contributed by atoms with E-state index in [1.165, 1.54) is 24.3 Å². The van der Waals surface area contributed by atoms with Gasteiger partial charge in [-0.05, 0) is 19.1 Å². The van der Waals surface area contributed by atoms with Gasteiger partial charge in [-0.25, -0.2) is 0 Å². The van der Waals surface area contributed by atoms with Gasteiger partial charge in [0, 0.05) is 33.7 Å². The molecular formula is C14H22N2O5. The predicted octanol–water partition coefficient (Wildman–Crippen LogP) is 0.255. The first-order chi connectivity index (χ1) is 9.85. The Morgan fingerprint density at radius 1 is 1.52 bits per heavy atom. The van der Waals surface area contributed by atoms with Crippen molar-refractivity contribution in [1.82, 2.24) is 10.2 Å². The van der Waals surface area contributed by atoms with Gasteiger partial charge in [-0.3, -0.25) is 9.59 Å². The van der Waals surface area contributed by atoms with Gasteiger partial charge in [0.05, 0.1) is 18.4 Å². The van der Waals surface area contributed by atoms with Crippen molar-refractivity contribution in [3.63, 3.8) is 0 Å². The number of nitrogens with one attached hydrogen (secondary N) is 1. The van der Waals surface area contributed by atoms with E-state index < -0.39 is 5.60 Å². The Hall–Kier alpha value is -1.86. The summed E-state index contributed by atoms with van der Waals surface area (Å²) in [6, 6.07) is 3.14. The zero-order chi connectivity index (χ0) is 15.9. The average Bonchev–Trinajstić information content (AvgIpc) is 2.96. The number of furan rings is 1. The Labute approximate surface area is 123 Å². The van der Waals surface area contributed by atoms with Crippen molar-refractivity contribution in [2.75, 3.05) is 33.9 Å². The van der Waals surface area contributed by atoms with E-state index in [-0.39, 0.29) is 30.7 Å². The number of aliphatic hydroxyl groups is 1. The maximum atomic E-state index is 11.9. The maximum absolute atomic E-state index is 11.9. The van der Waals surface area contributed by atoms with Crippen molar-refractivity contribution in [3.8, 4) is 0 Å². The molecule has 1 atom stereocenters. The lowest BCUT2D eigenvalue weighted by molar-refractivity contribution is -0.122. The Balaban J connectivity index is 2.38. The molecule has 7 heteroatoms. The highest BCUT2D eigenvalue weighted by molar-refractivity contribution is 5.94. The van der Waals surface area contributed by atoms with Crippen molar-refractivity contribution in [2.45, 2.75) is 18.9 Å². The van der Waals surface area contributed by atoms with Crippen molar-refractivity contribution >= 4 is 11.8 Å². The van der Waals surface area contributed by atoms with Crippen LogP contribution in [0.2, 0.25) is 0 Å². The summed E-state index contributed by atoms with van der Waals surface area (Å²) in [5.74, 6) is -0.547. The van der Waals surface area contributed by atoms with Crippen LogP contribution in [0.15, 0.2) is 22.8 Å². The molecule has 1 unspecified atom stereocenters. The van der Waals surface area contributed by atoms with Crippen LogP contribution in [0.25, 0.3) is 0 Å². The lowest BCUT2D eigenvalue weighted by atomic mass is 10.0. The zero-order valence-electron chi connectivity index (χ0n) is 12.6. The Kier molecular flexibility index (Phi) is 6.39. The molecule has 118 valence electrons. The summed E-state index contributed by atoms with van der Waals surface area (Å²) in [4.78, 5) is 24.9. The van der Waals surface area contributed by atoms with E-state index >= 15 is 0 Å². The van der Waals surface area contributed by atoms with Crippen LogP contribution >= 0.6 is 0 Å². The highest BCUT2D eigenvalue weighted by Gasteiger charge is 2.22. The van der Waals surface area contributed by atoms with E-state index in [1.54, 1.807) is 20.1 Å². The number of likely N-dealkylation sites (N-methyl/N-ethyl adjacent to an activating group) is 1. The van der Waals surface area contributed by atoms with Gasteiger partial charge in [0.25, 0.3) is 5.91 Å². The first-order valence-electron chi connectivity index (χ1n) is 6.63. The SMILES string of the molecule is COCCC(C)(O)CNC(=O)CN(C)C(=O)c1ccco1. The Morgan fingerprint density at radius 3 is 2.81 bits per heavy atom. The fourth-order valence-electron chi connectivity index (χ4n) is 1.63. The molecule has 21 heavy (non-hydrogen) atoms. The summed E-state index contributed by atoms with van der Waals surface area (Å²) < 4.78 is 9.87. The van der Waals surface area contributed by atoms with Gasteiger partial charge in [-0.2, -0.15) is 0 Å². The molecule has 0 radical (unpaired) electrons. The maximum Gasteiger partial charge on any atom is 0.289 e. The number of carbonyl (C=O) groups is 2. The summed E-state index contributed by atoms with van der Waals surface area (Å²) in [5, 5.41) is 12.6. The lowest BCUT2D eigenvalue weighted by Gasteiger charge is -2.24. The van der Waals surface area contributed by atoms with Crippen LogP contribution in [0.4, 0.5) is 0 Å². The van der Waals surface area contributed by atoms with Gasteiger partial charge >= 0.3 is 0 Å². The summed E-state index contributed by atoms with van der Waals surface area (Å²) in [6.07, 6.45) is 1.80. The van der Waals surface area contributed by atoms with Crippen LogP contribution in [0, 0.1) is 0 Å². The highest BCUT2D eigenvalue weighted by atomic mass is 16.5. The van der Waals surface area contributed by atoms with Gasteiger partial charge < -0.3 is 24.5 Å². The molecule has 1 aromatic rings. The van der Waals surface area contributed by atoms with Gasteiger partial charge in [0.2, 0.25) is 5.91 Å². The Bertz CT molecular complexity index is 456. The minimum absolute atomic E-state index is 0.0952. The van der Waals surface area contributed by atoms with E-state index in [9.17, 15) is 14.7 Å². The fraction of sp³-hybridized carbons (Fsp3) is 0.571. The molecule has 0 saturated heterocycles. The van der Waals surface area contributed by atoms with Crippen molar-refractivity contribution < 1.29 is 23.8 Å². The third kappa shape index (κ3) is 5.97. The third-order valence-electron chi connectivity index (χ3n) is 2.97. The predicted molar refractivity (Wildman–Crippen MR) is 75.8 cm³/mol. The molecule has 1 aromatic heterocycles. The molecule has 0 fully saturated rings. The number of hydrogen-bond acceptors (Lipinski definition) is 5. The quantitative estimate of drug-likeness (QED) is 0.718. The van der Waals surface area contributed by atoms with Crippen molar-refractivity contribution in [3.05, 3.63) is 24.2 Å². The van der Waals surface area contributed by atoms with Crippen LogP contribution in [0.1, 0.15) is 23.9 Å². The van der Waals surface area contributed by atoms with E-state index in [1.807, 2.05) is 0 Å². The fourth-order valence-corrected chi connectivity index (χ4v) is 1.63. The molecule has 7 nitrogen and oxygen atoms in total. The highest BCUT2D eigenvalue weighted by Crippen LogP contribution is 2.07. The molecule has 0 aliphatic heterocycles. The summed E-state index contributed by atoms with van der Waals surface area (Å²) >= 11 is 0. The molecule has 0 aromatic carbocycles. The zero-order valence-corrected chi connectivity index (χ0v) is 12.6. The van der Waals surface area contributed by atoms with Gasteiger partial charge in [0.1, 0.15) is 0 Å². The van der Waals surface area contributed by atoms with Gasteiger partial charge in [0.15, 0.2) is 5.76 Å². The second-order valence-electron chi connectivity index (χ2n) is 5.15. The average molecular weight is 298 g/mol. The van der Waals surface area contributed by atoms with Crippen LogP contribution in [0.5, 0.6) is 0 Å². The molecule has 0 bridgehead atoms. The lowest BCUT2D eigenvalue weighted by Crippen LogP contribution is -2.45. The van der Waals surface area contributed by atoms with Crippen molar-refractivity contribution in [1.29, 1.82) is 0 Å². The molecular weight excluding hydrogens is 276 g/mol. The first kappa shape index (κ1) is 17.2. The van der Waals surface area contributed by atoms with E-state index in [2.05, 4.69) is 5.32 Å². The molecule has 2 N–H and O–H groups in total. The normalized spacial score (nSPS) is 13.5. The number of rotatable bonds is 8. The smallest absolute Gasteiger partial charge is 0.289 e. The van der Waals surface area contributed by atoms with E-state index in [0.717, 1.165) is 0 Å². The monoisotopic (exact) mass is 298 g/mol. The summed E-state index contributed by atoms with van der Waals surface area (Å²) in [7, 11) is 3.05. The van der Waals surface area contributed by atoms with Crippen LogP contribution < -0.4 is 5.32 Å². The van der Waals surface area contributed by atoms with Crippen molar-refractivity contribution in [2.24, 2.45) is 0 Å². The summed E-state index contributed by atoms with van der Waals surface area (Å²) in [6.45, 7) is 2.00. The first-order valence-corrected chi connectivity index (χ1v) is 6.63. The minimum atomic E-state index is -1.05. The second kappa shape index (κ2) is 7.80. The molecule has 2 amide bonds. The Morgan fingerprint density at radius 2 is 2.24 bits per heavy atom.